The Morgan fingerprint density at radius 1 is 1.24 bits per heavy atom. The largest absolute Gasteiger partial charge is 0.375 e. The summed E-state index contributed by atoms with van der Waals surface area (Å²) in [5.41, 5.74) is 6.40. The van der Waals surface area contributed by atoms with Crippen molar-refractivity contribution in [2.75, 3.05) is 5.73 Å². The number of aromatic amines is 1. The lowest BCUT2D eigenvalue weighted by Crippen LogP contribution is -1.84. The molecule has 0 fully saturated rings. The molecule has 0 radical (unpaired) electrons. The molecule has 0 bridgehead atoms. The highest BCUT2D eigenvalue weighted by atomic mass is 32.1. The first-order chi connectivity index (χ1) is 8.13. The smallest absolute Gasteiger partial charge is 0.180 e. The molecule has 86 valence electrons. The number of H-pyrrole nitrogens is 1. The van der Waals surface area contributed by atoms with E-state index in [0.717, 1.165) is 6.07 Å². The van der Waals surface area contributed by atoms with Crippen molar-refractivity contribution in [1.82, 2.24) is 15.0 Å². The highest BCUT2D eigenvalue weighted by Gasteiger charge is 2.12. The second-order valence-corrected chi connectivity index (χ2v) is 4.33. The molecule has 0 spiro atoms. The molecule has 2 aromatic heterocycles. The van der Waals surface area contributed by atoms with Crippen LogP contribution >= 0.6 is 11.3 Å². The highest BCUT2D eigenvalue weighted by molar-refractivity contribution is 7.13. The van der Waals surface area contributed by atoms with Gasteiger partial charge in [-0.3, -0.25) is 0 Å². The van der Waals surface area contributed by atoms with Gasteiger partial charge in [0.2, 0.25) is 0 Å². The number of imidazole rings is 1. The Bertz CT molecular complexity index is 703. The zero-order valence-corrected chi connectivity index (χ0v) is 9.18. The average molecular weight is 252 g/mol. The molecule has 0 amide bonds. The summed E-state index contributed by atoms with van der Waals surface area (Å²) in [4.78, 5) is 10.8. The second kappa shape index (κ2) is 3.49. The maximum absolute atomic E-state index is 13.4. The molecule has 7 heteroatoms. The number of hydrogen-bond donors (Lipinski definition) is 2. The van der Waals surface area contributed by atoms with E-state index in [-0.39, 0.29) is 5.52 Å². The molecule has 0 aliphatic heterocycles. The predicted octanol–water partition coefficient (Wildman–Crippen LogP) is 2.55. The summed E-state index contributed by atoms with van der Waals surface area (Å²) < 4.78 is 26.4. The fraction of sp³-hybridized carbons (Fsp3) is 0. The van der Waals surface area contributed by atoms with Crippen molar-refractivity contribution in [3.05, 3.63) is 29.1 Å². The third kappa shape index (κ3) is 1.64. The topological polar surface area (TPSA) is 67.6 Å². The van der Waals surface area contributed by atoms with Crippen molar-refractivity contribution in [2.45, 2.75) is 0 Å². The molecular formula is C10H6F2N4S. The van der Waals surface area contributed by atoms with Crippen LogP contribution in [0.2, 0.25) is 0 Å². The molecule has 3 aromatic rings. The summed E-state index contributed by atoms with van der Waals surface area (Å²) in [5.74, 6) is -0.980. The number of benzene rings is 1. The molecule has 1 aromatic carbocycles. The number of fused-ring (bicyclic) bond motifs is 1. The Labute approximate surface area is 98.1 Å². The summed E-state index contributed by atoms with van der Waals surface area (Å²) in [6, 6.07) is 1.98. The number of anilines is 1. The second-order valence-electron chi connectivity index (χ2n) is 3.44. The summed E-state index contributed by atoms with van der Waals surface area (Å²) in [6.07, 6.45) is 0. The van der Waals surface area contributed by atoms with Crippen LogP contribution in [-0.2, 0) is 0 Å². The van der Waals surface area contributed by atoms with E-state index < -0.39 is 11.6 Å². The van der Waals surface area contributed by atoms with Crippen LogP contribution in [0.15, 0.2) is 17.5 Å². The molecule has 0 saturated heterocycles. The molecule has 0 aliphatic rings. The third-order valence-electron chi connectivity index (χ3n) is 2.27. The number of nitrogens with zero attached hydrogens (tertiary/aromatic N) is 2. The number of thiazole rings is 1. The molecule has 3 rings (SSSR count). The van der Waals surface area contributed by atoms with E-state index in [4.69, 9.17) is 5.73 Å². The van der Waals surface area contributed by atoms with E-state index in [1.54, 1.807) is 5.38 Å². The van der Waals surface area contributed by atoms with Crippen LogP contribution in [0.3, 0.4) is 0 Å². The van der Waals surface area contributed by atoms with E-state index in [0.29, 0.717) is 22.2 Å². The van der Waals surface area contributed by atoms with Gasteiger partial charge in [0, 0.05) is 11.4 Å². The predicted molar refractivity (Wildman–Crippen MR) is 61.5 cm³/mol. The van der Waals surface area contributed by atoms with Gasteiger partial charge in [-0.05, 0) is 6.07 Å². The molecule has 4 nitrogen and oxygen atoms in total. The van der Waals surface area contributed by atoms with Gasteiger partial charge in [-0.15, -0.1) is 11.3 Å². The van der Waals surface area contributed by atoms with Gasteiger partial charge in [-0.25, -0.2) is 18.7 Å². The number of aromatic nitrogens is 3. The molecular weight excluding hydrogens is 246 g/mol. The third-order valence-corrected chi connectivity index (χ3v) is 2.94. The lowest BCUT2D eigenvalue weighted by Gasteiger charge is -1.90. The average Bonchev–Trinajstić information content (AvgIpc) is 2.83. The zero-order chi connectivity index (χ0) is 12.0. The van der Waals surface area contributed by atoms with E-state index in [2.05, 4.69) is 15.0 Å². The van der Waals surface area contributed by atoms with E-state index >= 15 is 0 Å². The minimum Gasteiger partial charge on any atom is -0.375 e. The quantitative estimate of drug-likeness (QED) is 0.699. The van der Waals surface area contributed by atoms with Crippen molar-refractivity contribution in [3.63, 3.8) is 0 Å². The Hall–Kier alpha value is -2.02. The van der Waals surface area contributed by atoms with Gasteiger partial charge in [0.15, 0.2) is 16.8 Å². The van der Waals surface area contributed by atoms with Gasteiger partial charge in [0.05, 0.1) is 5.52 Å². The summed E-state index contributed by atoms with van der Waals surface area (Å²) in [5, 5.41) is 2.09. The molecule has 2 heterocycles. The standard InChI is InChI=1S/C10H6F2N4S/c11-4-1-5(12)8-6(2-4)14-9(16-8)7-3-17-10(13)15-7/h1-3H,(H2,13,15)(H,14,16). The minimum absolute atomic E-state index is 0.0907. The summed E-state index contributed by atoms with van der Waals surface area (Å²) in [7, 11) is 0. The SMILES string of the molecule is Nc1nc(-c2nc3c(F)cc(F)cc3[nH]2)cs1. The van der Waals surface area contributed by atoms with Crippen LogP contribution in [0.25, 0.3) is 22.6 Å². The maximum Gasteiger partial charge on any atom is 0.180 e. The van der Waals surface area contributed by atoms with Gasteiger partial charge in [-0.2, -0.15) is 0 Å². The first kappa shape index (κ1) is 10.2. The monoisotopic (exact) mass is 252 g/mol. The first-order valence-electron chi connectivity index (χ1n) is 4.69. The van der Waals surface area contributed by atoms with Crippen LogP contribution in [0, 0.1) is 11.6 Å². The molecule has 17 heavy (non-hydrogen) atoms. The van der Waals surface area contributed by atoms with Crippen LogP contribution < -0.4 is 5.73 Å². The Kier molecular flexibility index (Phi) is 2.08. The number of nitrogen functional groups attached to an aromatic ring is 1. The number of nitrogens with one attached hydrogen (secondary N) is 1. The van der Waals surface area contributed by atoms with Crippen LogP contribution in [0.4, 0.5) is 13.9 Å². The van der Waals surface area contributed by atoms with Crippen LogP contribution in [0.5, 0.6) is 0 Å². The van der Waals surface area contributed by atoms with E-state index in [9.17, 15) is 8.78 Å². The highest BCUT2D eigenvalue weighted by Crippen LogP contribution is 2.25. The van der Waals surface area contributed by atoms with Crippen molar-refractivity contribution in [1.29, 1.82) is 0 Å². The lowest BCUT2D eigenvalue weighted by atomic mass is 10.3. The van der Waals surface area contributed by atoms with Gasteiger partial charge in [-0.1, -0.05) is 0 Å². The fourth-order valence-electron chi connectivity index (χ4n) is 1.56. The van der Waals surface area contributed by atoms with Gasteiger partial charge in [0.1, 0.15) is 17.0 Å². The van der Waals surface area contributed by atoms with Crippen molar-refractivity contribution in [3.8, 4) is 11.5 Å². The summed E-state index contributed by atoms with van der Waals surface area (Å²) in [6.45, 7) is 0. The normalized spacial score (nSPS) is 11.2. The van der Waals surface area contributed by atoms with Crippen molar-refractivity contribution < 1.29 is 8.78 Å². The van der Waals surface area contributed by atoms with Crippen LogP contribution in [-0.4, -0.2) is 15.0 Å². The number of hydrogen-bond acceptors (Lipinski definition) is 4. The van der Waals surface area contributed by atoms with Gasteiger partial charge in [0.25, 0.3) is 0 Å². The molecule has 0 saturated carbocycles. The van der Waals surface area contributed by atoms with Gasteiger partial charge < -0.3 is 10.7 Å². The molecule has 3 N–H and O–H groups in total. The molecule has 0 aliphatic carbocycles. The van der Waals surface area contributed by atoms with Crippen molar-refractivity contribution >= 4 is 27.5 Å². The molecule has 0 unspecified atom stereocenters. The first-order valence-corrected chi connectivity index (χ1v) is 5.57. The maximum atomic E-state index is 13.4. The Morgan fingerprint density at radius 2 is 2.06 bits per heavy atom. The van der Waals surface area contributed by atoms with E-state index in [1.807, 2.05) is 0 Å². The number of halogens is 2. The number of nitrogens with two attached hydrogens (primary N) is 1. The van der Waals surface area contributed by atoms with Crippen LogP contribution in [0.1, 0.15) is 0 Å². The summed E-state index contributed by atoms with van der Waals surface area (Å²) >= 11 is 1.26. The van der Waals surface area contributed by atoms with E-state index in [1.165, 1.54) is 17.4 Å². The Morgan fingerprint density at radius 3 is 2.76 bits per heavy atom. The zero-order valence-electron chi connectivity index (χ0n) is 8.37. The lowest BCUT2D eigenvalue weighted by molar-refractivity contribution is 0.591. The number of rotatable bonds is 1. The minimum atomic E-state index is -0.703. The molecule has 0 atom stereocenters. The Balaban J connectivity index is 2.23. The van der Waals surface area contributed by atoms with Crippen molar-refractivity contribution in [2.24, 2.45) is 0 Å². The fourth-order valence-corrected chi connectivity index (χ4v) is 2.11. The van der Waals surface area contributed by atoms with Gasteiger partial charge >= 0.3 is 0 Å².